The fourth-order valence-electron chi connectivity index (χ4n) is 5.62. The van der Waals surface area contributed by atoms with Crippen LogP contribution in [0.2, 0.25) is 0 Å². The van der Waals surface area contributed by atoms with Crippen LogP contribution in [-0.2, 0) is 0 Å². The van der Waals surface area contributed by atoms with Crippen molar-refractivity contribution in [2.45, 2.75) is 9.79 Å². The van der Waals surface area contributed by atoms with Gasteiger partial charge < -0.3 is 14.5 Å². The zero-order chi connectivity index (χ0) is 22.9. The molecule has 0 atom stereocenters. The molecule has 0 saturated carbocycles. The summed E-state index contributed by atoms with van der Waals surface area (Å²) in [5.41, 5.74) is 9.62. The molecular formula is C30H19BN2OS. The molecule has 5 aromatic carbocycles. The smallest absolute Gasteiger partial charge is 0.430 e. The summed E-state index contributed by atoms with van der Waals surface area (Å²) >= 11 is 1.85. The van der Waals surface area contributed by atoms with Gasteiger partial charge in [0.05, 0.1) is 34.2 Å². The lowest BCUT2D eigenvalue weighted by atomic mass is 9.52. The first-order valence-corrected chi connectivity index (χ1v) is 12.6. The largest absolute Gasteiger partial charge is 0.551 e. The maximum Gasteiger partial charge on any atom is 0.430 e. The van der Waals surface area contributed by atoms with Crippen molar-refractivity contribution in [2.75, 3.05) is 9.80 Å². The van der Waals surface area contributed by atoms with E-state index >= 15 is 0 Å². The van der Waals surface area contributed by atoms with Gasteiger partial charge in [0.15, 0.2) is 0 Å². The molecule has 5 aromatic rings. The van der Waals surface area contributed by atoms with Crippen LogP contribution in [-0.4, -0.2) is 6.92 Å². The molecule has 0 aliphatic carbocycles. The first kappa shape index (κ1) is 19.2. The summed E-state index contributed by atoms with van der Waals surface area (Å²) in [4.78, 5) is 7.42. The van der Waals surface area contributed by atoms with Gasteiger partial charge in [-0.25, -0.2) is 0 Å². The topological polar surface area (TPSA) is 15.7 Å². The van der Waals surface area contributed by atoms with Gasteiger partial charge in [-0.05, 0) is 59.5 Å². The molecule has 0 aromatic heterocycles. The molecule has 0 saturated heterocycles. The number of rotatable bonds is 3. The molecule has 0 radical (unpaired) electrons. The second-order valence-electron chi connectivity index (χ2n) is 8.95. The summed E-state index contributed by atoms with van der Waals surface area (Å²) in [6, 6.07) is 40.7. The minimum absolute atomic E-state index is 0.191. The first-order valence-electron chi connectivity index (χ1n) is 11.8. The number of para-hydroxylation sites is 5. The summed E-state index contributed by atoms with van der Waals surface area (Å²) in [6.45, 7) is -0.191. The van der Waals surface area contributed by atoms with Crippen molar-refractivity contribution in [3.8, 4) is 5.75 Å². The molecule has 3 heterocycles. The van der Waals surface area contributed by atoms with Crippen LogP contribution >= 0.6 is 11.8 Å². The van der Waals surface area contributed by atoms with E-state index in [0.717, 1.165) is 11.4 Å². The Labute approximate surface area is 208 Å². The molecule has 0 bridgehead atoms. The molecule has 35 heavy (non-hydrogen) atoms. The number of anilines is 6. The van der Waals surface area contributed by atoms with E-state index in [1.807, 2.05) is 42.1 Å². The Hall–Kier alpha value is -4.09. The van der Waals surface area contributed by atoms with Gasteiger partial charge in [0.2, 0.25) is 0 Å². The molecule has 0 unspecified atom stereocenters. The zero-order valence-corrected chi connectivity index (χ0v) is 19.6. The van der Waals surface area contributed by atoms with Crippen molar-refractivity contribution < 1.29 is 4.65 Å². The summed E-state index contributed by atoms with van der Waals surface area (Å²) < 4.78 is 6.73. The Morgan fingerprint density at radius 1 is 0.514 bits per heavy atom. The van der Waals surface area contributed by atoms with Gasteiger partial charge in [-0.15, -0.1) is 0 Å². The molecule has 0 fully saturated rings. The van der Waals surface area contributed by atoms with Gasteiger partial charge in [-0.1, -0.05) is 78.5 Å². The summed E-state index contributed by atoms with van der Waals surface area (Å²) in [5, 5.41) is 0. The summed E-state index contributed by atoms with van der Waals surface area (Å²) in [7, 11) is 0. The summed E-state index contributed by atoms with van der Waals surface area (Å²) in [5.74, 6) is 0.876. The molecule has 3 aliphatic heterocycles. The number of nitrogens with zero attached hydrogens (tertiary/aromatic N) is 2. The minimum Gasteiger partial charge on any atom is -0.551 e. The van der Waals surface area contributed by atoms with E-state index in [2.05, 4.69) is 94.7 Å². The van der Waals surface area contributed by atoms with Gasteiger partial charge in [0.1, 0.15) is 0 Å². The highest BCUT2D eigenvalue weighted by atomic mass is 32.2. The predicted molar refractivity (Wildman–Crippen MR) is 146 cm³/mol. The predicted octanol–water partition coefficient (Wildman–Crippen LogP) is 6.90. The second-order valence-corrected chi connectivity index (χ2v) is 10.0. The molecule has 0 spiro atoms. The second kappa shape index (κ2) is 7.21. The van der Waals surface area contributed by atoms with Gasteiger partial charge >= 0.3 is 6.92 Å². The zero-order valence-electron chi connectivity index (χ0n) is 18.8. The Morgan fingerprint density at radius 2 is 1.11 bits per heavy atom. The van der Waals surface area contributed by atoms with Crippen LogP contribution in [0.25, 0.3) is 0 Å². The van der Waals surface area contributed by atoms with Gasteiger partial charge in [-0.3, -0.25) is 0 Å². The average molecular weight is 466 g/mol. The number of hydrogen-bond acceptors (Lipinski definition) is 4. The van der Waals surface area contributed by atoms with E-state index in [-0.39, 0.29) is 6.92 Å². The summed E-state index contributed by atoms with van der Waals surface area (Å²) in [6.07, 6.45) is 0. The monoisotopic (exact) mass is 466 g/mol. The lowest BCUT2D eigenvalue weighted by Gasteiger charge is -2.47. The van der Waals surface area contributed by atoms with Gasteiger partial charge in [0.25, 0.3) is 0 Å². The fourth-order valence-corrected chi connectivity index (χ4v) is 6.75. The van der Waals surface area contributed by atoms with E-state index in [9.17, 15) is 0 Å². The van der Waals surface area contributed by atoms with Crippen LogP contribution in [0.3, 0.4) is 0 Å². The highest BCUT2D eigenvalue weighted by molar-refractivity contribution is 7.99. The Balaban J connectivity index is 1.45. The fraction of sp³-hybridized carbons (Fsp3) is 0. The quantitative estimate of drug-likeness (QED) is 0.263. The van der Waals surface area contributed by atoms with Crippen molar-refractivity contribution in [3.05, 3.63) is 115 Å². The Bertz CT molecular complexity index is 1620. The van der Waals surface area contributed by atoms with Crippen LogP contribution in [0, 0.1) is 0 Å². The SMILES string of the molecule is c1ccc(OB2c3cccc4c3N3c5c(cccc5N(c5ccccc5)c5cccc2c53)S4)cc1. The van der Waals surface area contributed by atoms with Gasteiger partial charge in [-0.2, -0.15) is 0 Å². The average Bonchev–Trinajstić information content (AvgIpc) is 2.92. The van der Waals surface area contributed by atoms with Crippen LogP contribution in [0.4, 0.5) is 34.1 Å². The van der Waals surface area contributed by atoms with E-state index in [0.29, 0.717) is 0 Å². The molecule has 0 amide bonds. The standard InChI is InChI=1S/C30H19BN2OS/c1-3-10-20(11-4-1)32-24-16-7-14-22-28(24)33-29-23(31(22)34-21-12-5-2-6-13-21)15-8-18-26(29)35-27-19-9-17-25(32)30(27)33/h1-19H. The molecule has 3 nitrogen and oxygen atoms in total. The van der Waals surface area contributed by atoms with E-state index in [1.165, 1.54) is 49.2 Å². The van der Waals surface area contributed by atoms with Crippen molar-refractivity contribution >= 4 is 63.7 Å². The lowest BCUT2D eigenvalue weighted by Crippen LogP contribution is -2.55. The Morgan fingerprint density at radius 3 is 1.89 bits per heavy atom. The maximum absolute atomic E-state index is 6.73. The highest BCUT2D eigenvalue weighted by Crippen LogP contribution is 2.61. The van der Waals surface area contributed by atoms with Crippen molar-refractivity contribution in [2.24, 2.45) is 0 Å². The molecule has 5 heteroatoms. The first-order chi connectivity index (χ1) is 17.4. The normalized spacial score (nSPS) is 14.0. The molecule has 3 aliphatic rings. The number of benzene rings is 5. The van der Waals surface area contributed by atoms with Crippen LogP contribution in [0.1, 0.15) is 0 Å². The Kier molecular flexibility index (Phi) is 3.96. The van der Waals surface area contributed by atoms with Crippen LogP contribution < -0.4 is 25.4 Å². The third kappa shape index (κ3) is 2.64. The minimum atomic E-state index is -0.191. The third-order valence-corrected chi connectivity index (χ3v) is 8.10. The van der Waals surface area contributed by atoms with Crippen molar-refractivity contribution in [1.29, 1.82) is 0 Å². The van der Waals surface area contributed by atoms with E-state index in [1.54, 1.807) is 0 Å². The van der Waals surface area contributed by atoms with Crippen LogP contribution in [0.15, 0.2) is 125 Å². The van der Waals surface area contributed by atoms with Crippen LogP contribution in [0.5, 0.6) is 5.75 Å². The molecular weight excluding hydrogens is 447 g/mol. The molecule has 164 valence electrons. The third-order valence-electron chi connectivity index (χ3n) is 7.00. The number of hydrogen-bond donors (Lipinski definition) is 0. The lowest BCUT2D eigenvalue weighted by molar-refractivity contribution is 0.591. The highest BCUT2D eigenvalue weighted by Gasteiger charge is 2.46. The van der Waals surface area contributed by atoms with E-state index in [4.69, 9.17) is 4.65 Å². The molecule has 0 N–H and O–H groups in total. The van der Waals surface area contributed by atoms with E-state index < -0.39 is 0 Å². The van der Waals surface area contributed by atoms with Crippen molar-refractivity contribution in [1.82, 2.24) is 0 Å². The van der Waals surface area contributed by atoms with Crippen molar-refractivity contribution in [3.63, 3.8) is 0 Å². The molecule has 8 rings (SSSR count). The maximum atomic E-state index is 6.73. The van der Waals surface area contributed by atoms with Gasteiger partial charge in [0, 0.05) is 15.5 Å².